The first kappa shape index (κ1) is 21.0. The summed E-state index contributed by atoms with van der Waals surface area (Å²) in [6.07, 6.45) is 0.370. The minimum atomic E-state index is -0.870. The maximum absolute atomic E-state index is 13.7. The molecule has 2 aromatic carbocycles. The molecule has 158 valence electrons. The SMILES string of the molecule is Cc1ccc(-c2c(C)sc3nc(-c4cccc(C)c4)n(CCCC(=O)O)c(=O)c23)cc1. The van der Waals surface area contributed by atoms with Crippen molar-refractivity contribution in [2.45, 2.75) is 40.2 Å². The summed E-state index contributed by atoms with van der Waals surface area (Å²) < 4.78 is 1.64. The van der Waals surface area contributed by atoms with Gasteiger partial charge in [-0.05, 0) is 38.8 Å². The van der Waals surface area contributed by atoms with Crippen molar-refractivity contribution in [1.82, 2.24) is 9.55 Å². The average molecular weight is 433 g/mol. The molecule has 2 heterocycles. The first-order valence-corrected chi connectivity index (χ1v) is 11.1. The maximum atomic E-state index is 13.7. The summed E-state index contributed by atoms with van der Waals surface area (Å²) >= 11 is 1.52. The van der Waals surface area contributed by atoms with E-state index in [1.807, 2.05) is 69.3 Å². The molecule has 0 saturated carbocycles. The lowest BCUT2D eigenvalue weighted by molar-refractivity contribution is -0.137. The Morgan fingerprint density at radius 3 is 2.45 bits per heavy atom. The van der Waals surface area contributed by atoms with Crippen molar-refractivity contribution in [1.29, 1.82) is 0 Å². The number of benzene rings is 2. The molecular formula is C25H24N2O3S. The van der Waals surface area contributed by atoms with Crippen LogP contribution >= 0.6 is 11.3 Å². The fourth-order valence-electron chi connectivity index (χ4n) is 3.86. The van der Waals surface area contributed by atoms with Crippen molar-refractivity contribution in [2.75, 3.05) is 0 Å². The average Bonchev–Trinajstić information content (AvgIpc) is 3.06. The highest BCUT2D eigenvalue weighted by Gasteiger charge is 2.20. The van der Waals surface area contributed by atoms with Crippen LogP contribution in [0.4, 0.5) is 0 Å². The number of hydrogen-bond acceptors (Lipinski definition) is 4. The minimum Gasteiger partial charge on any atom is -0.481 e. The Kier molecular flexibility index (Phi) is 5.74. The molecule has 0 fully saturated rings. The Labute approximate surface area is 184 Å². The van der Waals surface area contributed by atoms with Crippen LogP contribution in [-0.4, -0.2) is 20.6 Å². The number of aromatic nitrogens is 2. The van der Waals surface area contributed by atoms with E-state index in [2.05, 4.69) is 0 Å². The molecule has 0 saturated heterocycles. The third-order valence-electron chi connectivity index (χ3n) is 5.38. The molecule has 1 N–H and O–H groups in total. The number of nitrogens with zero attached hydrogens (tertiary/aromatic N) is 2. The Morgan fingerprint density at radius 1 is 1.03 bits per heavy atom. The molecule has 0 spiro atoms. The fourth-order valence-corrected chi connectivity index (χ4v) is 4.90. The van der Waals surface area contributed by atoms with Crippen LogP contribution in [0.2, 0.25) is 0 Å². The fraction of sp³-hybridized carbons (Fsp3) is 0.240. The van der Waals surface area contributed by atoms with Crippen molar-refractivity contribution in [3.63, 3.8) is 0 Å². The van der Waals surface area contributed by atoms with Crippen LogP contribution in [0.1, 0.15) is 28.8 Å². The van der Waals surface area contributed by atoms with E-state index in [0.29, 0.717) is 29.0 Å². The molecule has 5 nitrogen and oxygen atoms in total. The number of fused-ring (bicyclic) bond motifs is 1. The predicted octanol–water partition coefficient (Wildman–Crippen LogP) is 5.58. The van der Waals surface area contributed by atoms with Gasteiger partial charge in [0.25, 0.3) is 5.56 Å². The smallest absolute Gasteiger partial charge is 0.303 e. The van der Waals surface area contributed by atoms with Gasteiger partial charge in [0, 0.05) is 29.0 Å². The van der Waals surface area contributed by atoms with E-state index < -0.39 is 5.97 Å². The molecule has 0 amide bonds. The van der Waals surface area contributed by atoms with Crippen molar-refractivity contribution < 1.29 is 9.90 Å². The number of rotatable bonds is 6. The molecule has 0 radical (unpaired) electrons. The zero-order valence-electron chi connectivity index (χ0n) is 17.8. The topological polar surface area (TPSA) is 72.2 Å². The first-order chi connectivity index (χ1) is 14.8. The van der Waals surface area contributed by atoms with Crippen molar-refractivity contribution in [3.8, 4) is 22.5 Å². The van der Waals surface area contributed by atoms with Crippen LogP contribution in [-0.2, 0) is 11.3 Å². The zero-order chi connectivity index (χ0) is 22.1. The van der Waals surface area contributed by atoms with Gasteiger partial charge < -0.3 is 5.11 Å². The molecule has 2 aromatic heterocycles. The van der Waals surface area contributed by atoms with E-state index in [-0.39, 0.29) is 12.0 Å². The summed E-state index contributed by atoms with van der Waals surface area (Å²) in [5, 5.41) is 9.68. The highest BCUT2D eigenvalue weighted by atomic mass is 32.1. The van der Waals surface area contributed by atoms with Gasteiger partial charge in [0.2, 0.25) is 0 Å². The van der Waals surface area contributed by atoms with Gasteiger partial charge in [-0.1, -0.05) is 53.6 Å². The van der Waals surface area contributed by atoms with Crippen LogP contribution in [0.15, 0.2) is 53.3 Å². The predicted molar refractivity (Wildman–Crippen MR) is 126 cm³/mol. The normalized spacial score (nSPS) is 11.2. The Hall–Kier alpha value is -3.25. The van der Waals surface area contributed by atoms with E-state index in [0.717, 1.165) is 32.7 Å². The molecule has 0 bridgehead atoms. The van der Waals surface area contributed by atoms with E-state index in [9.17, 15) is 9.59 Å². The highest BCUT2D eigenvalue weighted by Crippen LogP contribution is 2.36. The van der Waals surface area contributed by atoms with Crippen molar-refractivity contribution in [3.05, 3.63) is 74.9 Å². The minimum absolute atomic E-state index is 0.00518. The summed E-state index contributed by atoms with van der Waals surface area (Å²) in [5.74, 6) is -0.283. The highest BCUT2D eigenvalue weighted by molar-refractivity contribution is 7.19. The second-order valence-corrected chi connectivity index (χ2v) is 9.04. The Morgan fingerprint density at radius 2 is 1.77 bits per heavy atom. The number of carboxylic acid groups (broad SMARTS) is 1. The molecular weight excluding hydrogens is 408 g/mol. The van der Waals surface area contributed by atoms with Crippen LogP contribution in [0.25, 0.3) is 32.7 Å². The molecule has 0 unspecified atom stereocenters. The van der Waals surface area contributed by atoms with Crippen LogP contribution in [0.3, 0.4) is 0 Å². The third kappa shape index (κ3) is 4.16. The number of thiophene rings is 1. The summed E-state index contributed by atoms with van der Waals surface area (Å²) in [6, 6.07) is 16.0. The van der Waals surface area contributed by atoms with Gasteiger partial charge in [0.05, 0.1) is 5.39 Å². The second-order valence-electron chi connectivity index (χ2n) is 7.84. The summed E-state index contributed by atoms with van der Waals surface area (Å²) in [7, 11) is 0. The molecule has 0 aliphatic carbocycles. The number of carbonyl (C=O) groups is 1. The standard InChI is InChI=1S/C25H24N2O3S/c1-15-9-11-18(12-10-15)21-17(3)31-24-22(21)25(30)27(13-5-8-20(28)29)23(26-24)19-7-4-6-16(2)14-19/h4,6-7,9-12,14H,5,8,13H2,1-3H3,(H,28,29). The van der Waals surface area contributed by atoms with Gasteiger partial charge in [0.15, 0.2) is 0 Å². The van der Waals surface area contributed by atoms with Gasteiger partial charge >= 0.3 is 5.97 Å². The molecule has 4 aromatic rings. The van der Waals surface area contributed by atoms with Gasteiger partial charge in [-0.3, -0.25) is 14.2 Å². The van der Waals surface area contributed by atoms with E-state index in [1.165, 1.54) is 11.3 Å². The Balaban J connectivity index is 1.96. The number of carboxylic acids is 1. The van der Waals surface area contributed by atoms with E-state index in [4.69, 9.17) is 10.1 Å². The summed E-state index contributed by atoms with van der Waals surface area (Å²) in [5.41, 5.74) is 4.89. The van der Waals surface area contributed by atoms with Crippen molar-refractivity contribution in [2.24, 2.45) is 0 Å². The van der Waals surface area contributed by atoms with Crippen LogP contribution in [0.5, 0.6) is 0 Å². The molecule has 6 heteroatoms. The second kappa shape index (κ2) is 8.47. The van der Waals surface area contributed by atoms with Crippen LogP contribution in [0, 0.1) is 20.8 Å². The monoisotopic (exact) mass is 432 g/mol. The third-order valence-corrected chi connectivity index (χ3v) is 6.38. The quantitative estimate of drug-likeness (QED) is 0.432. The molecule has 0 aliphatic rings. The van der Waals surface area contributed by atoms with Gasteiger partial charge in [-0.15, -0.1) is 11.3 Å². The zero-order valence-corrected chi connectivity index (χ0v) is 18.6. The maximum Gasteiger partial charge on any atom is 0.303 e. The summed E-state index contributed by atoms with van der Waals surface area (Å²) in [4.78, 5) is 31.5. The van der Waals surface area contributed by atoms with E-state index >= 15 is 0 Å². The first-order valence-electron chi connectivity index (χ1n) is 10.2. The molecule has 31 heavy (non-hydrogen) atoms. The number of aryl methyl sites for hydroxylation is 3. The van der Waals surface area contributed by atoms with Gasteiger partial charge in [-0.2, -0.15) is 0 Å². The lowest BCUT2D eigenvalue weighted by Gasteiger charge is -2.13. The van der Waals surface area contributed by atoms with E-state index in [1.54, 1.807) is 4.57 Å². The summed E-state index contributed by atoms with van der Waals surface area (Å²) in [6.45, 7) is 6.36. The van der Waals surface area contributed by atoms with Crippen LogP contribution < -0.4 is 5.56 Å². The Bertz CT molecular complexity index is 1330. The molecule has 0 atom stereocenters. The molecule has 0 aliphatic heterocycles. The van der Waals surface area contributed by atoms with Crippen molar-refractivity contribution >= 4 is 27.5 Å². The van der Waals surface area contributed by atoms with Gasteiger partial charge in [-0.25, -0.2) is 4.98 Å². The molecule has 4 rings (SSSR count). The lowest BCUT2D eigenvalue weighted by atomic mass is 10.0. The lowest BCUT2D eigenvalue weighted by Crippen LogP contribution is -2.24. The number of aliphatic carboxylic acids is 1. The number of hydrogen-bond donors (Lipinski definition) is 1. The largest absolute Gasteiger partial charge is 0.481 e. The van der Waals surface area contributed by atoms with Gasteiger partial charge in [0.1, 0.15) is 10.7 Å².